The number of aromatic nitrogens is 1. The predicted molar refractivity (Wildman–Crippen MR) is 161 cm³/mol. The zero-order valence-corrected chi connectivity index (χ0v) is 24.0. The fourth-order valence-corrected chi connectivity index (χ4v) is 4.00. The van der Waals surface area contributed by atoms with Crippen LogP contribution >= 0.6 is 11.6 Å². The summed E-state index contributed by atoms with van der Waals surface area (Å²) < 4.78 is 74.0. The van der Waals surface area contributed by atoms with Gasteiger partial charge in [0.2, 0.25) is 0 Å². The number of benzene rings is 3. The normalized spacial score (nSPS) is 10.8. The molecular weight excluding hydrogens is 625 g/mol. The highest BCUT2D eigenvalue weighted by Gasteiger charge is 2.33. The van der Waals surface area contributed by atoms with Gasteiger partial charge < -0.3 is 20.7 Å². The lowest BCUT2D eigenvalue weighted by molar-refractivity contribution is -0.137. The van der Waals surface area contributed by atoms with E-state index in [1.54, 1.807) is 42.5 Å². The van der Waals surface area contributed by atoms with Crippen LogP contribution in [0.2, 0.25) is 5.02 Å². The molecule has 0 aliphatic carbocycles. The second kappa shape index (κ2) is 15.2. The van der Waals surface area contributed by atoms with E-state index in [0.717, 1.165) is 17.7 Å². The predicted octanol–water partition coefficient (Wildman–Crippen LogP) is 7.43. The minimum Gasteiger partial charge on any atom is -0.457 e. The van der Waals surface area contributed by atoms with Gasteiger partial charge in [0.25, 0.3) is 16.0 Å². The van der Waals surface area contributed by atoms with E-state index in [1.165, 1.54) is 37.5 Å². The Morgan fingerprint density at radius 1 is 0.886 bits per heavy atom. The summed E-state index contributed by atoms with van der Waals surface area (Å²) in [4.78, 5) is 27.6. The third kappa shape index (κ3) is 10.6. The van der Waals surface area contributed by atoms with Crippen LogP contribution < -0.4 is 20.7 Å². The van der Waals surface area contributed by atoms with Gasteiger partial charge in [0.1, 0.15) is 17.2 Å². The van der Waals surface area contributed by atoms with Crippen molar-refractivity contribution >= 4 is 45.0 Å². The molecule has 3 amide bonds. The Morgan fingerprint density at radius 2 is 1.48 bits per heavy atom. The van der Waals surface area contributed by atoms with Gasteiger partial charge in [-0.1, -0.05) is 36.7 Å². The van der Waals surface area contributed by atoms with Gasteiger partial charge in [-0.15, -0.1) is 0 Å². The van der Waals surface area contributed by atoms with Crippen LogP contribution in [-0.2, 0) is 16.3 Å². The van der Waals surface area contributed by atoms with Gasteiger partial charge in [-0.05, 0) is 67.6 Å². The topological polar surface area (TPSA) is 147 Å². The molecule has 10 nitrogen and oxygen atoms in total. The first kappa shape index (κ1) is 35.5. The lowest BCUT2D eigenvalue weighted by Crippen LogP contribution is -2.19. The molecule has 15 heteroatoms. The Morgan fingerprint density at radius 3 is 2.05 bits per heavy atom. The average Bonchev–Trinajstić information content (AvgIpc) is 2.94. The Labute approximate surface area is 257 Å². The number of hydrogen-bond donors (Lipinski definition) is 4. The number of carbonyl (C=O) groups excluding carboxylic acids is 2. The summed E-state index contributed by atoms with van der Waals surface area (Å²) in [5.74, 6) is 0.460. The Kier molecular flexibility index (Phi) is 12.3. The van der Waals surface area contributed by atoms with Gasteiger partial charge >= 0.3 is 12.2 Å². The first-order valence-corrected chi connectivity index (χ1v) is 13.9. The van der Waals surface area contributed by atoms with Gasteiger partial charge in [-0.2, -0.15) is 21.6 Å². The average molecular weight is 653 g/mol. The Balaban J connectivity index is 0.000000475. The number of anilines is 2. The molecule has 0 saturated heterocycles. The molecule has 0 unspecified atom stereocenters. The van der Waals surface area contributed by atoms with E-state index in [1.807, 2.05) is 6.92 Å². The van der Waals surface area contributed by atoms with Crippen LogP contribution in [-0.4, -0.2) is 36.9 Å². The van der Waals surface area contributed by atoms with Crippen molar-refractivity contribution in [1.29, 1.82) is 0 Å². The molecule has 1 aromatic heterocycles. The molecule has 0 fully saturated rings. The van der Waals surface area contributed by atoms with Crippen molar-refractivity contribution in [3.05, 3.63) is 107 Å². The van der Waals surface area contributed by atoms with Crippen molar-refractivity contribution in [2.24, 2.45) is 0 Å². The third-order valence-corrected chi connectivity index (χ3v) is 6.58. The van der Waals surface area contributed by atoms with Gasteiger partial charge in [-0.25, -0.2) is 4.79 Å². The SMILES string of the molecule is C.CNC(=O)c1cc(Oc2ccc(NC(=O)Nc3ccc(Cl)c(C(F)(F)F)c3)cc2)ccn1.Cc1ccc(S(=O)(=O)O)cc1. The molecule has 0 radical (unpaired) electrons. The number of pyridine rings is 1. The van der Waals surface area contributed by atoms with Crippen LogP contribution in [0.5, 0.6) is 11.5 Å². The van der Waals surface area contributed by atoms with E-state index >= 15 is 0 Å². The number of aryl methyl sites for hydroxylation is 1. The van der Waals surface area contributed by atoms with Crippen LogP contribution in [0.1, 0.15) is 29.0 Å². The quantitative estimate of drug-likeness (QED) is 0.158. The molecule has 0 atom stereocenters. The molecule has 0 saturated carbocycles. The number of halogens is 4. The van der Waals surface area contributed by atoms with Crippen LogP contribution in [0.25, 0.3) is 0 Å². The number of urea groups is 1. The fourth-order valence-electron chi connectivity index (χ4n) is 3.29. The maximum Gasteiger partial charge on any atom is 0.417 e. The standard InChI is InChI=1S/C21H16ClF3N4O3.C7H8O3S.CH4/c1-26-19(30)18-11-15(8-9-27-18)32-14-5-2-12(3-6-14)28-20(31)29-13-4-7-17(22)16(10-13)21(23,24)25;1-6-2-4-7(5-3-6)11(8,9)10;/h2-11H,1H3,(H,26,30)(H2,28,29,31);2-5H,1H3,(H,8,9,10);1H4. The van der Waals surface area contributed by atoms with E-state index in [9.17, 15) is 31.2 Å². The van der Waals surface area contributed by atoms with Crippen molar-refractivity contribution in [2.75, 3.05) is 17.7 Å². The molecule has 0 spiro atoms. The lowest BCUT2D eigenvalue weighted by Gasteiger charge is -2.12. The first-order chi connectivity index (χ1) is 20.2. The number of carbonyl (C=O) groups is 2. The summed E-state index contributed by atoms with van der Waals surface area (Å²) in [7, 11) is -2.53. The number of nitrogens with zero attached hydrogens (tertiary/aromatic N) is 1. The van der Waals surface area contributed by atoms with Gasteiger partial charge in [0.05, 0.1) is 15.5 Å². The molecule has 1 heterocycles. The minimum absolute atomic E-state index is 0. The van der Waals surface area contributed by atoms with Gasteiger partial charge in [0, 0.05) is 30.7 Å². The Bertz CT molecular complexity index is 1700. The molecule has 0 aliphatic heterocycles. The zero-order valence-electron chi connectivity index (χ0n) is 22.4. The van der Waals surface area contributed by atoms with Crippen LogP contribution in [0, 0.1) is 6.92 Å². The Hall–Kier alpha value is -4.66. The summed E-state index contributed by atoms with van der Waals surface area (Å²) >= 11 is 5.57. The highest BCUT2D eigenvalue weighted by Crippen LogP contribution is 2.36. The van der Waals surface area contributed by atoms with Gasteiger partial charge in [0.15, 0.2) is 0 Å². The summed E-state index contributed by atoms with van der Waals surface area (Å²) in [5, 5.41) is 6.83. The number of rotatable bonds is 6. The molecule has 4 rings (SSSR count). The highest BCUT2D eigenvalue weighted by atomic mass is 35.5. The summed E-state index contributed by atoms with van der Waals surface area (Å²) in [6.07, 6.45) is -3.21. The van der Waals surface area contributed by atoms with E-state index in [2.05, 4.69) is 20.9 Å². The largest absolute Gasteiger partial charge is 0.457 e. The third-order valence-electron chi connectivity index (χ3n) is 5.39. The second-order valence-electron chi connectivity index (χ2n) is 8.64. The monoisotopic (exact) mass is 652 g/mol. The molecular formula is C29H28ClF3N4O6S. The molecule has 44 heavy (non-hydrogen) atoms. The van der Waals surface area contributed by atoms with Crippen LogP contribution in [0.3, 0.4) is 0 Å². The maximum atomic E-state index is 12.9. The van der Waals surface area contributed by atoms with Gasteiger partial charge in [-0.3, -0.25) is 14.3 Å². The summed E-state index contributed by atoms with van der Waals surface area (Å²) in [6.45, 7) is 1.84. The van der Waals surface area contributed by atoms with Crippen molar-refractivity contribution in [1.82, 2.24) is 10.3 Å². The molecule has 234 valence electrons. The van der Waals surface area contributed by atoms with Crippen molar-refractivity contribution in [3.63, 3.8) is 0 Å². The molecule has 0 aliphatic rings. The lowest BCUT2D eigenvalue weighted by atomic mass is 10.2. The van der Waals surface area contributed by atoms with E-state index in [0.29, 0.717) is 17.2 Å². The van der Waals surface area contributed by atoms with Crippen LogP contribution in [0.15, 0.2) is 90.0 Å². The van der Waals surface area contributed by atoms with E-state index in [-0.39, 0.29) is 29.6 Å². The molecule has 4 N–H and O–H groups in total. The van der Waals surface area contributed by atoms with Crippen LogP contribution in [0.4, 0.5) is 29.3 Å². The second-order valence-corrected chi connectivity index (χ2v) is 10.5. The first-order valence-electron chi connectivity index (χ1n) is 12.1. The smallest absolute Gasteiger partial charge is 0.417 e. The molecule has 3 aromatic carbocycles. The van der Waals surface area contributed by atoms with Crippen molar-refractivity contribution < 1.29 is 40.5 Å². The highest BCUT2D eigenvalue weighted by molar-refractivity contribution is 7.85. The van der Waals surface area contributed by atoms with E-state index in [4.69, 9.17) is 20.9 Å². The zero-order chi connectivity index (χ0) is 31.8. The number of hydrogen-bond acceptors (Lipinski definition) is 6. The van der Waals surface area contributed by atoms with Crippen molar-refractivity contribution in [2.45, 2.75) is 25.4 Å². The summed E-state index contributed by atoms with van der Waals surface area (Å²) in [5.41, 5.74) is 0.409. The van der Waals surface area contributed by atoms with E-state index < -0.39 is 32.9 Å². The van der Waals surface area contributed by atoms with Crippen molar-refractivity contribution in [3.8, 4) is 11.5 Å². The molecule has 4 aromatic rings. The number of nitrogens with one attached hydrogen (secondary N) is 3. The fraction of sp³-hybridized carbons (Fsp3) is 0.138. The number of amides is 3. The number of ether oxygens (including phenoxy) is 1. The molecule has 0 bridgehead atoms. The number of alkyl halides is 3. The minimum atomic E-state index is -4.64. The summed E-state index contributed by atoms with van der Waals surface area (Å²) in [6, 6.07) is 17.6. The maximum absolute atomic E-state index is 12.9.